The molecule has 1 fully saturated rings. The molecule has 0 unspecified atom stereocenters. The average Bonchev–Trinajstić information content (AvgIpc) is 2.71. The molecule has 1 heterocycles. The van der Waals surface area contributed by atoms with E-state index in [9.17, 15) is 4.79 Å². The van der Waals surface area contributed by atoms with E-state index in [0.29, 0.717) is 11.9 Å². The van der Waals surface area contributed by atoms with E-state index in [0.717, 1.165) is 5.75 Å². The van der Waals surface area contributed by atoms with Crippen molar-refractivity contribution in [1.82, 2.24) is 10.9 Å². The largest absolute Gasteiger partial charge is 0.480 e. The van der Waals surface area contributed by atoms with Crippen molar-refractivity contribution in [2.24, 2.45) is 5.73 Å². The zero-order valence-electron chi connectivity index (χ0n) is 5.91. The Labute approximate surface area is 68.7 Å². The molecule has 0 aromatic carbocycles. The Hall–Kier alpha value is -0.300. The Morgan fingerprint density at radius 1 is 1.73 bits per heavy atom. The zero-order chi connectivity index (χ0) is 8.27. The van der Waals surface area contributed by atoms with Crippen molar-refractivity contribution in [3.8, 4) is 0 Å². The Morgan fingerprint density at radius 3 is 2.82 bits per heavy atom. The molecule has 0 bridgehead atoms. The second-order valence-electron chi connectivity index (χ2n) is 2.32. The van der Waals surface area contributed by atoms with E-state index < -0.39 is 12.0 Å². The van der Waals surface area contributed by atoms with Crippen LogP contribution in [0, 0.1) is 0 Å². The van der Waals surface area contributed by atoms with E-state index in [2.05, 4.69) is 10.9 Å². The highest BCUT2D eigenvalue weighted by Crippen LogP contribution is 2.05. The first-order chi connectivity index (χ1) is 5.20. The number of thioether (sulfide) groups is 1. The first-order valence-electron chi connectivity index (χ1n) is 3.27. The maximum Gasteiger partial charge on any atom is 0.321 e. The molecule has 0 saturated carbocycles. The second-order valence-corrected chi connectivity index (χ2v) is 3.40. The van der Waals surface area contributed by atoms with Crippen LogP contribution in [-0.2, 0) is 4.79 Å². The van der Waals surface area contributed by atoms with Crippen LogP contribution in [0.3, 0.4) is 0 Å². The van der Waals surface area contributed by atoms with Gasteiger partial charge in [-0.3, -0.25) is 4.79 Å². The molecule has 0 spiro atoms. The minimum Gasteiger partial charge on any atom is -0.480 e. The van der Waals surface area contributed by atoms with Gasteiger partial charge in [-0.1, -0.05) is 0 Å². The van der Waals surface area contributed by atoms with E-state index >= 15 is 0 Å². The molecule has 1 aliphatic rings. The number of hydrogen-bond acceptors (Lipinski definition) is 5. The highest BCUT2D eigenvalue weighted by molar-refractivity contribution is 7.99. The van der Waals surface area contributed by atoms with Crippen molar-refractivity contribution in [2.75, 3.05) is 11.5 Å². The van der Waals surface area contributed by atoms with Gasteiger partial charge in [0.2, 0.25) is 0 Å². The van der Waals surface area contributed by atoms with Crippen LogP contribution in [0.15, 0.2) is 0 Å². The van der Waals surface area contributed by atoms with Gasteiger partial charge in [0, 0.05) is 11.5 Å². The first-order valence-corrected chi connectivity index (χ1v) is 4.43. The third-order valence-electron chi connectivity index (χ3n) is 1.25. The number of nitrogens with two attached hydrogens (primary N) is 1. The molecule has 0 aromatic rings. The van der Waals surface area contributed by atoms with Gasteiger partial charge in [0.1, 0.15) is 6.04 Å². The molecule has 6 heteroatoms. The predicted molar refractivity (Wildman–Crippen MR) is 43.0 cm³/mol. The van der Waals surface area contributed by atoms with Crippen LogP contribution in [-0.4, -0.2) is 34.8 Å². The molecular formula is C5H11N3O2S. The van der Waals surface area contributed by atoms with Crippen LogP contribution in [0.25, 0.3) is 0 Å². The highest BCUT2D eigenvalue weighted by atomic mass is 32.2. The van der Waals surface area contributed by atoms with Crippen molar-refractivity contribution in [2.45, 2.75) is 12.2 Å². The summed E-state index contributed by atoms with van der Waals surface area (Å²) in [5, 5.41) is 8.39. The van der Waals surface area contributed by atoms with Gasteiger partial charge in [0.25, 0.3) is 0 Å². The topological polar surface area (TPSA) is 107 Å². The lowest BCUT2D eigenvalue weighted by molar-refractivity contribution is -0.137. The maximum atomic E-state index is 10.2. The maximum absolute atomic E-state index is 10.2. The van der Waals surface area contributed by atoms with Crippen molar-refractivity contribution >= 4 is 17.7 Å². The number of rotatable bonds is 5. The summed E-state index contributed by atoms with van der Waals surface area (Å²) in [4.78, 5) is 10.2. The molecule has 1 atom stereocenters. The normalized spacial score (nSPS) is 19.7. The minimum absolute atomic E-state index is 0.348. The van der Waals surface area contributed by atoms with Crippen LogP contribution in [0.1, 0.15) is 0 Å². The van der Waals surface area contributed by atoms with Crippen molar-refractivity contribution in [3.63, 3.8) is 0 Å². The fourth-order valence-corrected chi connectivity index (χ4v) is 1.46. The van der Waals surface area contributed by atoms with Crippen LogP contribution in [0.5, 0.6) is 0 Å². The lowest BCUT2D eigenvalue weighted by Gasteiger charge is -2.03. The summed E-state index contributed by atoms with van der Waals surface area (Å²) in [6, 6.07) is -0.737. The van der Waals surface area contributed by atoms with Crippen LogP contribution in [0.4, 0.5) is 0 Å². The van der Waals surface area contributed by atoms with Crippen LogP contribution < -0.4 is 16.6 Å². The number of aliphatic carboxylic acids is 1. The summed E-state index contributed by atoms with van der Waals surface area (Å²) in [5.74, 6) is 0.394. The van der Waals surface area contributed by atoms with Gasteiger partial charge in [-0.15, -0.1) is 0 Å². The zero-order valence-corrected chi connectivity index (χ0v) is 6.73. The van der Waals surface area contributed by atoms with Crippen molar-refractivity contribution < 1.29 is 9.90 Å². The summed E-state index contributed by atoms with van der Waals surface area (Å²) >= 11 is 1.53. The number of nitrogens with one attached hydrogen (secondary N) is 2. The van der Waals surface area contributed by atoms with E-state index in [1.807, 2.05) is 0 Å². The Balaban J connectivity index is 1.96. The molecule has 5 nitrogen and oxygen atoms in total. The number of carboxylic acids is 1. The van der Waals surface area contributed by atoms with Gasteiger partial charge in [0.05, 0.1) is 6.17 Å². The first kappa shape index (κ1) is 8.79. The molecule has 1 saturated heterocycles. The summed E-state index contributed by atoms with van der Waals surface area (Å²) in [5.41, 5.74) is 11.0. The standard InChI is InChI=1S/C5H11N3O2S/c6-3(5(9)10)1-11-2-4-7-8-4/h3-4,7-8H,1-2,6H2,(H,9,10)/t3-/m0/s1. The van der Waals surface area contributed by atoms with E-state index in [1.165, 1.54) is 11.8 Å². The van der Waals surface area contributed by atoms with Gasteiger partial charge < -0.3 is 10.8 Å². The highest BCUT2D eigenvalue weighted by Gasteiger charge is 2.19. The van der Waals surface area contributed by atoms with Crippen molar-refractivity contribution in [3.05, 3.63) is 0 Å². The number of hydrazine groups is 1. The second kappa shape index (κ2) is 3.91. The van der Waals surface area contributed by atoms with Gasteiger partial charge >= 0.3 is 5.97 Å². The minimum atomic E-state index is -0.936. The van der Waals surface area contributed by atoms with Crippen LogP contribution in [0.2, 0.25) is 0 Å². The van der Waals surface area contributed by atoms with Gasteiger partial charge in [-0.05, 0) is 0 Å². The SMILES string of the molecule is N[C@@H](CSCC1NN1)C(=O)O. The molecule has 1 rings (SSSR count). The smallest absolute Gasteiger partial charge is 0.321 e. The molecular weight excluding hydrogens is 166 g/mol. The lowest BCUT2D eigenvalue weighted by atomic mass is 10.4. The fourth-order valence-electron chi connectivity index (χ4n) is 0.526. The van der Waals surface area contributed by atoms with E-state index in [4.69, 9.17) is 10.8 Å². The molecule has 11 heavy (non-hydrogen) atoms. The molecule has 0 amide bonds. The fraction of sp³-hybridized carbons (Fsp3) is 0.800. The number of carboxylic acid groups (broad SMARTS) is 1. The molecule has 0 radical (unpaired) electrons. The summed E-state index contributed by atoms with van der Waals surface area (Å²) in [7, 11) is 0. The van der Waals surface area contributed by atoms with Gasteiger partial charge in [-0.2, -0.15) is 11.8 Å². The monoisotopic (exact) mass is 177 g/mol. The van der Waals surface area contributed by atoms with E-state index in [1.54, 1.807) is 0 Å². The number of hydrogen-bond donors (Lipinski definition) is 4. The predicted octanol–water partition coefficient (Wildman–Crippen LogP) is -1.43. The van der Waals surface area contributed by atoms with Crippen molar-refractivity contribution in [1.29, 1.82) is 0 Å². The Bertz CT molecular complexity index is 151. The molecule has 5 N–H and O–H groups in total. The third-order valence-corrected chi connectivity index (χ3v) is 2.41. The molecule has 0 aromatic heterocycles. The van der Waals surface area contributed by atoms with Gasteiger partial charge in [0.15, 0.2) is 0 Å². The van der Waals surface area contributed by atoms with E-state index in [-0.39, 0.29) is 0 Å². The quantitative estimate of drug-likeness (QED) is 0.383. The summed E-state index contributed by atoms with van der Waals surface area (Å²) < 4.78 is 0. The van der Waals surface area contributed by atoms with Gasteiger partial charge in [-0.25, -0.2) is 10.9 Å². The lowest BCUT2D eigenvalue weighted by Crippen LogP contribution is -2.32. The molecule has 64 valence electrons. The average molecular weight is 177 g/mol. The molecule has 1 aliphatic heterocycles. The number of carbonyl (C=O) groups is 1. The summed E-state index contributed by atoms with van der Waals surface area (Å²) in [6.07, 6.45) is 0.348. The van der Waals surface area contributed by atoms with Crippen LogP contribution >= 0.6 is 11.8 Å². The summed E-state index contributed by atoms with van der Waals surface area (Å²) in [6.45, 7) is 0. The Kier molecular flexibility index (Phi) is 3.13. The Morgan fingerprint density at radius 2 is 2.36 bits per heavy atom. The molecule has 0 aliphatic carbocycles. The third kappa shape index (κ3) is 3.57.